The van der Waals surface area contributed by atoms with Crippen LogP contribution in [0.1, 0.15) is 17.2 Å². The highest BCUT2D eigenvalue weighted by Gasteiger charge is 2.20. The molecule has 0 saturated carbocycles. The van der Waals surface area contributed by atoms with Gasteiger partial charge in [-0.25, -0.2) is 4.39 Å². The molecule has 0 aliphatic carbocycles. The average Bonchev–Trinajstić information content (AvgIpc) is 2.18. The first kappa shape index (κ1) is 8.38. The third-order valence-electron chi connectivity index (χ3n) is 2.37. The molecule has 1 aromatic carbocycles. The number of halogens is 1. The number of aldehydes is 1. The first-order chi connectivity index (χ1) is 6.33. The van der Waals surface area contributed by atoms with E-state index in [0.717, 1.165) is 11.8 Å². The molecule has 13 heavy (non-hydrogen) atoms. The fourth-order valence-electron chi connectivity index (χ4n) is 1.71. The summed E-state index contributed by atoms with van der Waals surface area (Å²) in [5.74, 6) is -0.203. The number of rotatable bonds is 1. The molecule has 1 heterocycles. The smallest absolute Gasteiger partial charge is 0.141 e. The zero-order valence-electron chi connectivity index (χ0n) is 7.09. The predicted molar refractivity (Wildman–Crippen MR) is 46.9 cm³/mol. The summed E-state index contributed by atoms with van der Waals surface area (Å²) in [5.41, 5.74) is 1.46. The highest BCUT2D eigenvalue weighted by atomic mass is 19.1. The maximum Gasteiger partial charge on any atom is 0.141 e. The highest BCUT2D eigenvalue weighted by molar-refractivity contribution is 5.63. The molecule has 0 radical (unpaired) electrons. The largest absolute Gasteiger partial charge is 0.304 e. The summed E-state index contributed by atoms with van der Waals surface area (Å²) in [4.78, 5) is 10.6. The van der Waals surface area contributed by atoms with Crippen LogP contribution in [-0.4, -0.2) is 12.8 Å². The molecule has 68 valence electrons. The molecule has 0 fully saturated rings. The molecule has 1 aromatic rings. The third-order valence-corrected chi connectivity index (χ3v) is 2.37. The van der Waals surface area contributed by atoms with Crippen molar-refractivity contribution in [2.24, 2.45) is 0 Å². The standard InChI is InChI=1S/C10H10FNO/c11-9-3-1-2-8-7(9)4-5-12-10(8)6-13/h1-3,6,10,12H,4-5H2. The van der Waals surface area contributed by atoms with E-state index >= 15 is 0 Å². The third kappa shape index (κ3) is 1.35. The van der Waals surface area contributed by atoms with E-state index in [9.17, 15) is 9.18 Å². The van der Waals surface area contributed by atoms with Gasteiger partial charge in [0.15, 0.2) is 0 Å². The summed E-state index contributed by atoms with van der Waals surface area (Å²) in [6, 6.07) is 4.53. The van der Waals surface area contributed by atoms with Crippen LogP contribution in [0.2, 0.25) is 0 Å². The lowest BCUT2D eigenvalue weighted by Crippen LogP contribution is -2.31. The molecule has 0 saturated heterocycles. The Morgan fingerprint density at radius 3 is 3.15 bits per heavy atom. The number of carbonyl (C=O) groups excluding carboxylic acids is 1. The fraction of sp³-hybridized carbons (Fsp3) is 0.300. The van der Waals surface area contributed by atoms with Crippen LogP contribution < -0.4 is 5.32 Å². The zero-order valence-corrected chi connectivity index (χ0v) is 7.09. The molecule has 1 atom stereocenters. The summed E-state index contributed by atoms with van der Waals surface area (Å²) in [7, 11) is 0. The van der Waals surface area contributed by atoms with Crippen molar-refractivity contribution in [3.05, 3.63) is 35.1 Å². The van der Waals surface area contributed by atoms with E-state index in [2.05, 4.69) is 5.32 Å². The number of nitrogens with one attached hydrogen (secondary N) is 1. The van der Waals surface area contributed by atoms with Gasteiger partial charge in [0.1, 0.15) is 12.1 Å². The van der Waals surface area contributed by atoms with E-state index < -0.39 is 0 Å². The summed E-state index contributed by atoms with van der Waals surface area (Å²) >= 11 is 0. The van der Waals surface area contributed by atoms with Gasteiger partial charge in [-0.05, 0) is 23.6 Å². The number of hydrogen-bond donors (Lipinski definition) is 1. The maximum atomic E-state index is 13.2. The predicted octanol–water partition coefficient (Wildman–Crippen LogP) is 1.21. The summed E-state index contributed by atoms with van der Waals surface area (Å²) in [6.45, 7) is 0.664. The molecule has 0 aromatic heterocycles. The Morgan fingerprint density at radius 2 is 2.38 bits per heavy atom. The normalized spacial score (nSPS) is 20.8. The lowest BCUT2D eigenvalue weighted by atomic mass is 9.95. The van der Waals surface area contributed by atoms with Crippen molar-refractivity contribution in [3.8, 4) is 0 Å². The molecule has 1 aliphatic heterocycles. The lowest BCUT2D eigenvalue weighted by Gasteiger charge is -2.22. The van der Waals surface area contributed by atoms with Crippen LogP contribution in [0.4, 0.5) is 4.39 Å². The first-order valence-corrected chi connectivity index (χ1v) is 4.29. The highest BCUT2D eigenvalue weighted by Crippen LogP contribution is 2.23. The van der Waals surface area contributed by atoms with Crippen LogP contribution >= 0.6 is 0 Å². The molecule has 0 spiro atoms. The molecule has 0 bridgehead atoms. The van der Waals surface area contributed by atoms with E-state index in [4.69, 9.17) is 0 Å². The Morgan fingerprint density at radius 1 is 1.54 bits per heavy atom. The number of carbonyl (C=O) groups is 1. The van der Waals surface area contributed by atoms with Crippen LogP contribution in [0.15, 0.2) is 18.2 Å². The number of benzene rings is 1. The van der Waals surface area contributed by atoms with Gasteiger partial charge in [0.25, 0.3) is 0 Å². The fourth-order valence-corrected chi connectivity index (χ4v) is 1.71. The van der Waals surface area contributed by atoms with Gasteiger partial charge in [-0.1, -0.05) is 12.1 Å². The van der Waals surface area contributed by atoms with Crippen molar-refractivity contribution in [1.29, 1.82) is 0 Å². The number of hydrogen-bond acceptors (Lipinski definition) is 2. The number of fused-ring (bicyclic) bond motifs is 1. The van der Waals surface area contributed by atoms with Gasteiger partial charge in [0.05, 0.1) is 6.04 Å². The minimum Gasteiger partial charge on any atom is -0.304 e. The Hall–Kier alpha value is -1.22. The van der Waals surface area contributed by atoms with E-state index in [1.54, 1.807) is 12.1 Å². The molecule has 1 unspecified atom stereocenters. The second-order valence-electron chi connectivity index (χ2n) is 3.13. The Balaban J connectivity index is 2.51. The second kappa shape index (κ2) is 3.26. The van der Waals surface area contributed by atoms with Crippen molar-refractivity contribution in [2.45, 2.75) is 12.5 Å². The Kier molecular flexibility index (Phi) is 2.10. The Bertz CT molecular complexity index is 338. The molecule has 0 amide bonds. The molecule has 1 N–H and O–H groups in total. The van der Waals surface area contributed by atoms with Crippen LogP contribution in [0.5, 0.6) is 0 Å². The SMILES string of the molecule is O=CC1NCCc2c(F)cccc21. The molecular weight excluding hydrogens is 169 g/mol. The molecule has 2 nitrogen and oxygen atoms in total. The topological polar surface area (TPSA) is 29.1 Å². The second-order valence-corrected chi connectivity index (χ2v) is 3.13. The van der Waals surface area contributed by atoms with Gasteiger partial charge >= 0.3 is 0 Å². The summed E-state index contributed by atoms with van der Waals surface area (Å²) in [6.07, 6.45) is 1.48. The van der Waals surface area contributed by atoms with Crippen molar-refractivity contribution < 1.29 is 9.18 Å². The van der Waals surface area contributed by atoms with Crippen LogP contribution in [0.3, 0.4) is 0 Å². The minimum absolute atomic E-state index is 0.203. The molecule has 2 rings (SSSR count). The van der Waals surface area contributed by atoms with Gasteiger partial charge in [0.2, 0.25) is 0 Å². The van der Waals surface area contributed by atoms with E-state index in [1.165, 1.54) is 6.07 Å². The lowest BCUT2D eigenvalue weighted by molar-refractivity contribution is -0.109. The van der Waals surface area contributed by atoms with E-state index in [1.807, 2.05) is 0 Å². The molecule has 3 heteroatoms. The minimum atomic E-state index is -0.334. The maximum absolute atomic E-state index is 13.2. The quantitative estimate of drug-likeness (QED) is 0.656. The first-order valence-electron chi connectivity index (χ1n) is 4.29. The van der Waals surface area contributed by atoms with Crippen LogP contribution in [0.25, 0.3) is 0 Å². The van der Waals surface area contributed by atoms with Gasteiger partial charge in [-0.3, -0.25) is 0 Å². The van der Waals surface area contributed by atoms with Crippen molar-refractivity contribution in [1.82, 2.24) is 5.32 Å². The van der Waals surface area contributed by atoms with Gasteiger partial charge in [-0.2, -0.15) is 0 Å². The van der Waals surface area contributed by atoms with E-state index in [0.29, 0.717) is 18.5 Å². The Labute approximate surface area is 75.8 Å². The zero-order chi connectivity index (χ0) is 9.26. The molecular formula is C10H10FNO. The average molecular weight is 179 g/mol. The monoisotopic (exact) mass is 179 g/mol. The van der Waals surface area contributed by atoms with Gasteiger partial charge < -0.3 is 10.1 Å². The van der Waals surface area contributed by atoms with Gasteiger partial charge in [0, 0.05) is 6.54 Å². The summed E-state index contributed by atoms with van der Waals surface area (Å²) in [5, 5.41) is 3.02. The van der Waals surface area contributed by atoms with Gasteiger partial charge in [-0.15, -0.1) is 0 Å². The summed E-state index contributed by atoms with van der Waals surface area (Å²) < 4.78 is 13.2. The van der Waals surface area contributed by atoms with Crippen molar-refractivity contribution in [2.75, 3.05) is 6.54 Å². The van der Waals surface area contributed by atoms with Crippen molar-refractivity contribution >= 4 is 6.29 Å². The van der Waals surface area contributed by atoms with Crippen LogP contribution in [-0.2, 0) is 11.2 Å². The molecule has 1 aliphatic rings. The van der Waals surface area contributed by atoms with Crippen molar-refractivity contribution in [3.63, 3.8) is 0 Å². The van der Waals surface area contributed by atoms with E-state index in [-0.39, 0.29) is 11.9 Å². The van der Waals surface area contributed by atoms with Crippen LogP contribution in [0, 0.1) is 5.82 Å².